The first-order chi connectivity index (χ1) is 72.2. The molecule has 24 rings (SSSR count). The molecule has 32 heteroatoms. The number of imidazole rings is 4. The highest BCUT2D eigenvalue weighted by Crippen LogP contribution is 2.42. The molecule has 0 bridgehead atoms. The number of benzene rings is 12. The number of hydrogen-bond donors (Lipinski definition) is 12. The lowest BCUT2D eigenvalue weighted by atomic mass is 9.95. The van der Waals surface area contributed by atoms with Crippen LogP contribution in [0, 0.1) is 40.5 Å². The summed E-state index contributed by atoms with van der Waals surface area (Å²) in [6.45, 7) is 15.1. The van der Waals surface area contributed by atoms with E-state index in [1.54, 1.807) is 80.8 Å². The number of para-hydroxylation sites is 4. The number of H-pyrrole nitrogens is 8. The number of aromatic nitrogens is 20. The molecule has 0 aliphatic rings. The van der Waals surface area contributed by atoms with Crippen LogP contribution in [0.2, 0.25) is 0 Å². The number of nitrogens with one attached hydrogen (secondary N) is 12. The van der Waals surface area contributed by atoms with E-state index in [4.69, 9.17) is 19.9 Å². The van der Waals surface area contributed by atoms with E-state index in [1.807, 2.05) is 243 Å². The highest BCUT2D eigenvalue weighted by atomic mass is 19.1. The van der Waals surface area contributed by atoms with E-state index in [1.165, 1.54) is 48.5 Å². The second-order valence-corrected chi connectivity index (χ2v) is 37.8. The molecule has 0 spiro atoms. The van der Waals surface area contributed by atoms with Crippen molar-refractivity contribution in [1.29, 1.82) is 0 Å². The summed E-state index contributed by atoms with van der Waals surface area (Å²) in [5.41, 5.74) is 28.1. The minimum atomic E-state index is -0.512. The number of aromatic amines is 8. The van der Waals surface area contributed by atoms with Crippen molar-refractivity contribution in [2.45, 2.75) is 68.2 Å². The Morgan fingerprint density at radius 2 is 0.570 bits per heavy atom. The normalized spacial score (nSPS) is 11.5. The molecule has 0 unspecified atom stereocenters. The maximum absolute atomic E-state index is 13.9. The lowest BCUT2D eigenvalue weighted by Crippen LogP contribution is -2.27. The number of carbonyl (C=O) groups excluding carboxylic acids is 4. The van der Waals surface area contributed by atoms with Gasteiger partial charge in [0.1, 0.15) is 46.0 Å². The highest BCUT2D eigenvalue weighted by molar-refractivity contribution is 6.06. The third kappa shape index (κ3) is 20.6. The predicted octanol–water partition coefficient (Wildman–Crippen LogP) is 26.8. The Hall–Kier alpha value is -19.4. The number of amides is 4. The number of hydrogen-bond acceptors (Lipinski definition) is 16. The van der Waals surface area contributed by atoms with Gasteiger partial charge in [-0.2, -0.15) is 20.4 Å². The van der Waals surface area contributed by atoms with E-state index in [9.17, 15) is 36.7 Å². The highest BCUT2D eigenvalue weighted by Gasteiger charge is 2.26. The molecule has 0 atom stereocenters. The maximum atomic E-state index is 13.9. The number of rotatable bonds is 20. The third-order valence-corrected chi connectivity index (χ3v) is 25.2. The standard InChI is InChI=1S/2C30H25FN6O.C29H23FN6O.C28H21FN6O/c1-30(2,3)29(38)33-21-13-19(15-32-16-21)17-10-11-24-23(14-17)27(37-36-24)28-34-25-9-5-8-22(26(25)35-28)18-6-4-7-20(31)12-18;1-17(2)11-27(38)33-22-13-20(15-32-16-22)18-9-10-25-24(14-18)29(37-36-25)30-34-26-8-4-7-23(28(26)35-30)19-5-3-6-21(31)12-19;1-16(2)29(37)32-21-12-19(14-31-15-21)17-9-10-24-23(13-17)27(36-35-24)28-33-25-8-4-7-22(26(25)34-28)18-5-3-6-20(30)11-18;1-2-25(36)31-20-12-18(14-30-15-20)16-9-10-23-22(13-16)27(35-34-23)28-32-24-8-4-7-21(26(24)33-28)17-5-3-6-19(29)11-17/h4-16H,1-3H3,(H,33,38)(H,34,35)(H,36,37);3-10,12-17H,11H2,1-2H3,(H,33,38)(H,34,35)(H,36,37);3-16H,1-2H3,(H,32,37)(H,33,34)(H,35,36);3-15H,2H2,1H3,(H,31,36)(H,32,33)(H,34,35). The van der Waals surface area contributed by atoms with Gasteiger partial charge in [0.25, 0.3) is 0 Å². The largest absolute Gasteiger partial charge is 0.337 e. The van der Waals surface area contributed by atoms with E-state index in [-0.39, 0.29) is 58.7 Å². The van der Waals surface area contributed by atoms with Crippen LogP contribution in [0.1, 0.15) is 68.2 Å². The van der Waals surface area contributed by atoms with Crippen LogP contribution in [-0.4, -0.2) is 124 Å². The SMILES string of the molecule is CC(C)(C)C(=O)Nc1cncc(-c2ccc3[nH]nc(-c4nc5c(-c6cccc(F)c6)cccc5[nH]4)c3c2)c1.CC(C)C(=O)Nc1cncc(-c2ccc3[nH]nc(-c4nc5c(-c6cccc(F)c6)cccc5[nH]4)c3c2)c1.CC(C)CC(=O)Nc1cncc(-c2ccc3[nH]nc(-c4nc5c(-c6cccc(F)c6)cccc5[nH]4)c3c2)c1.CCC(=O)Nc1cncc(-c2ccc3[nH]nc(-c4nc5c(-c6cccc(F)c6)cccc5[nH]4)c3c2)c1. The van der Waals surface area contributed by atoms with Crippen LogP contribution in [-0.2, 0) is 19.2 Å². The molecule has 28 nitrogen and oxygen atoms in total. The molecule has 0 fully saturated rings. The number of fused-ring (bicyclic) bond motifs is 8. The fraction of sp³-hybridized carbons (Fsp3) is 0.111. The van der Waals surface area contributed by atoms with Crippen molar-refractivity contribution in [3.63, 3.8) is 0 Å². The Morgan fingerprint density at radius 1 is 0.295 bits per heavy atom. The summed E-state index contributed by atoms with van der Waals surface area (Å²) in [5.74, 6) is 1.18. The lowest BCUT2D eigenvalue weighted by molar-refractivity contribution is -0.123. The van der Waals surface area contributed by atoms with Gasteiger partial charge in [0, 0.05) is 115 Å². The minimum absolute atomic E-state index is 0.0333. The van der Waals surface area contributed by atoms with Crippen molar-refractivity contribution in [2.75, 3.05) is 21.3 Å². The van der Waals surface area contributed by atoms with Gasteiger partial charge in [-0.05, 0) is 196 Å². The monoisotopic (exact) mass is 1970 g/mol. The molecule has 0 radical (unpaired) electrons. The van der Waals surface area contributed by atoms with Crippen LogP contribution in [0.3, 0.4) is 0 Å². The van der Waals surface area contributed by atoms with Crippen LogP contribution in [0.5, 0.6) is 0 Å². The van der Waals surface area contributed by atoms with Crippen LogP contribution in [0.15, 0.2) is 316 Å². The molecule has 12 N–H and O–H groups in total. The fourth-order valence-electron chi connectivity index (χ4n) is 17.7. The second kappa shape index (κ2) is 40.8. The topological polar surface area (TPSA) is 397 Å². The molecule has 0 saturated carbocycles. The first kappa shape index (κ1) is 95.8. The number of carbonyl (C=O) groups is 4. The number of anilines is 4. The number of halogens is 4. The van der Waals surface area contributed by atoms with Gasteiger partial charge < -0.3 is 41.2 Å². The average molecular weight is 1980 g/mol. The molecular formula is C117H94F4N24O4. The molecular weight excluding hydrogens is 1880 g/mol. The van der Waals surface area contributed by atoms with Gasteiger partial charge >= 0.3 is 0 Å². The fourth-order valence-corrected chi connectivity index (χ4v) is 17.7. The van der Waals surface area contributed by atoms with E-state index in [0.29, 0.717) is 81.7 Å². The summed E-state index contributed by atoms with van der Waals surface area (Å²) in [6, 6.07) is 80.7. The molecule has 12 aromatic heterocycles. The van der Waals surface area contributed by atoms with Crippen LogP contribution >= 0.6 is 0 Å². The van der Waals surface area contributed by atoms with E-state index in [2.05, 4.69) is 102 Å². The van der Waals surface area contributed by atoms with Gasteiger partial charge in [0.15, 0.2) is 23.3 Å². The van der Waals surface area contributed by atoms with E-state index < -0.39 is 5.41 Å². The molecule has 734 valence electrons. The second-order valence-electron chi connectivity index (χ2n) is 37.8. The van der Waals surface area contributed by atoms with Crippen LogP contribution < -0.4 is 21.3 Å². The average Bonchev–Trinajstić information content (AvgIpc) is 1.63. The van der Waals surface area contributed by atoms with Crippen LogP contribution in [0.4, 0.5) is 40.3 Å². The molecule has 12 aromatic carbocycles. The van der Waals surface area contributed by atoms with Crippen molar-refractivity contribution in [1.82, 2.24) is 101 Å². The molecule has 0 aliphatic heterocycles. The molecule has 4 amide bonds. The summed E-state index contributed by atoms with van der Waals surface area (Å²) in [5, 5.41) is 45.7. The summed E-state index contributed by atoms with van der Waals surface area (Å²) in [6.07, 6.45) is 14.5. The number of pyridine rings is 4. The summed E-state index contributed by atoms with van der Waals surface area (Å²) in [4.78, 5) is 98.8. The zero-order valence-electron chi connectivity index (χ0n) is 81.6. The zero-order chi connectivity index (χ0) is 103. The predicted molar refractivity (Wildman–Crippen MR) is 578 cm³/mol. The van der Waals surface area contributed by atoms with Crippen LogP contribution in [0.25, 0.3) is 223 Å². The van der Waals surface area contributed by atoms with Gasteiger partial charge in [-0.1, -0.05) is 177 Å². The Bertz CT molecular complexity index is 9280. The van der Waals surface area contributed by atoms with Crippen molar-refractivity contribution in [2.24, 2.45) is 17.3 Å². The van der Waals surface area contributed by atoms with Crippen molar-refractivity contribution in [3.05, 3.63) is 340 Å². The van der Waals surface area contributed by atoms with Gasteiger partial charge in [-0.15, -0.1) is 0 Å². The Kier molecular flexibility index (Phi) is 26.2. The summed E-state index contributed by atoms with van der Waals surface area (Å²) >= 11 is 0. The Labute approximate surface area is 848 Å². The summed E-state index contributed by atoms with van der Waals surface area (Å²) in [7, 11) is 0. The maximum Gasteiger partial charge on any atom is 0.229 e. The molecule has 149 heavy (non-hydrogen) atoms. The van der Waals surface area contributed by atoms with E-state index in [0.717, 1.165) is 177 Å². The third-order valence-electron chi connectivity index (χ3n) is 25.2. The van der Waals surface area contributed by atoms with Crippen molar-refractivity contribution in [3.8, 4) is 135 Å². The molecule has 24 aromatic rings. The zero-order valence-corrected chi connectivity index (χ0v) is 81.6. The van der Waals surface area contributed by atoms with Crippen molar-refractivity contribution >= 4 is 134 Å². The van der Waals surface area contributed by atoms with E-state index >= 15 is 0 Å². The lowest BCUT2D eigenvalue weighted by Gasteiger charge is -2.17. The molecule has 12 heterocycles. The summed E-state index contributed by atoms with van der Waals surface area (Å²) < 4.78 is 55.6. The molecule has 0 saturated heterocycles. The van der Waals surface area contributed by atoms with Gasteiger partial charge in [-0.25, -0.2) is 37.5 Å². The smallest absolute Gasteiger partial charge is 0.229 e. The van der Waals surface area contributed by atoms with Gasteiger partial charge in [-0.3, -0.25) is 59.5 Å². The number of nitrogens with zero attached hydrogens (tertiary/aromatic N) is 12. The quantitative estimate of drug-likeness (QED) is 0.0315. The van der Waals surface area contributed by atoms with Gasteiger partial charge in [0.05, 0.1) is 114 Å². The van der Waals surface area contributed by atoms with Gasteiger partial charge in [0.2, 0.25) is 23.6 Å². The van der Waals surface area contributed by atoms with Crippen molar-refractivity contribution < 1.29 is 36.7 Å². The first-order valence-electron chi connectivity index (χ1n) is 48.2. The molecule has 0 aliphatic carbocycles. The first-order valence-corrected chi connectivity index (χ1v) is 48.2. The Balaban J connectivity index is 0.000000116. The minimum Gasteiger partial charge on any atom is -0.337 e. The Morgan fingerprint density at radius 3 is 0.839 bits per heavy atom.